The molecule has 1 aliphatic heterocycles. The molecule has 1 atom stereocenters. The van der Waals surface area contributed by atoms with Crippen LogP contribution in [0.3, 0.4) is 0 Å². The van der Waals surface area contributed by atoms with Crippen molar-refractivity contribution < 1.29 is 4.79 Å². The molecule has 4 aromatic rings. The van der Waals surface area contributed by atoms with Crippen LogP contribution in [-0.2, 0) is 11.3 Å². The van der Waals surface area contributed by atoms with Crippen LogP contribution < -0.4 is 0 Å². The predicted octanol–water partition coefficient (Wildman–Crippen LogP) is 3.38. The van der Waals surface area contributed by atoms with Crippen molar-refractivity contribution in [1.82, 2.24) is 30.1 Å². The minimum atomic E-state index is 0.00638. The van der Waals surface area contributed by atoms with Crippen molar-refractivity contribution in [3.8, 4) is 10.7 Å². The number of fused-ring (bicyclic) bond motifs is 1. The zero-order valence-electron chi connectivity index (χ0n) is 14.4. The summed E-state index contributed by atoms with van der Waals surface area (Å²) in [6, 6.07) is 12.0. The van der Waals surface area contributed by atoms with Crippen LogP contribution in [0.2, 0.25) is 0 Å². The summed E-state index contributed by atoms with van der Waals surface area (Å²) < 4.78 is 1.16. The Morgan fingerprint density at radius 3 is 3.00 bits per heavy atom. The monoisotopic (exact) mass is 396 g/mol. The number of amides is 1. The summed E-state index contributed by atoms with van der Waals surface area (Å²) in [4.78, 5) is 21.9. The smallest absolute Gasteiger partial charge is 0.246 e. The Labute approximate surface area is 163 Å². The highest BCUT2D eigenvalue weighted by atomic mass is 32.1. The molecule has 136 valence electrons. The fraction of sp³-hybridized carbons (Fsp3) is 0.278. The normalized spacial score (nSPS) is 17.0. The standard InChI is InChI=1S/C18H16N6OS2/c25-16(11-24-21-17(20-22-24)15-8-4-10-26-15)23-9-3-6-13(23)18-19-12-5-1-2-7-14(12)27-18/h1-2,4-5,7-8,10,13H,3,6,9,11H2/t13-/m0/s1. The van der Waals surface area contributed by atoms with Crippen LogP contribution >= 0.6 is 22.7 Å². The fourth-order valence-corrected chi connectivity index (χ4v) is 5.14. The first-order valence-electron chi connectivity index (χ1n) is 8.74. The largest absolute Gasteiger partial charge is 0.332 e. The number of hydrogen-bond acceptors (Lipinski definition) is 7. The first kappa shape index (κ1) is 16.5. The van der Waals surface area contributed by atoms with Gasteiger partial charge in [-0.05, 0) is 41.6 Å². The Balaban J connectivity index is 1.34. The number of para-hydroxylation sites is 1. The average Bonchev–Trinajstić information content (AvgIpc) is 3.47. The minimum Gasteiger partial charge on any atom is -0.332 e. The molecular weight excluding hydrogens is 380 g/mol. The van der Waals surface area contributed by atoms with Crippen LogP contribution in [0.1, 0.15) is 23.9 Å². The molecule has 5 rings (SSSR count). The quantitative estimate of drug-likeness (QED) is 0.529. The van der Waals surface area contributed by atoms with Gasteiger partial charge in [-0.15, -0.1) is 32.9 Å². The zero-order chi connectivity index (χ0) is 18.2. The summed E-state index contributed by atoms with van der Waals surface area (Å²) in [7, 11) is 0. The van der Waals surface area contributed by atoms with Gasteiger partial charge in [0.25, 0.3) is 0 Å². The number of rotatable bonds is 4. The highest BCUT2D eigenvalue weighted by molar-refractivity contribution is 7.18. The van der Waals surface area contributed by atoms with Crippen LogP contribution in [0, 0.1) is 0 Å². The lowest BCUT2D eigenvalue weighted by Crippen LogP contribution is -2.34. The van der Waals surface area contributed by atoms with Gasteiger partial charge in [0, 0.05) is 6.54 Å². The molecule has 7 nitrogen and oxygen atoms in total. The molecule has 0 N–H and O–H groups in total. The van der Waals surface area contributed by atoms with E-state index < -0.39 is 0 Å². The lowest BCUT2D eigenvalue weighted by Gasteiger charge is -2.22. The van der Waals surface area contributed by atoms with Crippen molar-refractivity contribution in [2.75, 3.05) is 6.54 Å². The Bertz CT molecular complexity index is 1050. The molecule has 27 heavy (non-hydrogen) atoms. The number of benzene rings is 1. The van der Waals surface area contributed by atoms with E-state index in [0.717, 1.165) is 39.5 Å². The lowest BCUT2D eigenvalue weighted by molar-refractivity contribution is -0.133. The van der Waals surface area contributed by atoms with E-state index in [1.54, 1.807) is 22.7 Å². The molecule has 1 aromatic carbocycles. The van der Waals surface area contributed by atoms with E-state index in [-0.39, 0.29) is 18.5 Å². The molecule has 4 heterocycles. The van der Waals surface area contributed by atoms with Crippen LogP contribution in [-0.4, -0.2) is 42.5 Å². The number of aromatic nitrogens is 5. The summed E-state index contributed by atoms with van der Waals surface area (Å²) in [5.41, 5.74) is 0.996. The highest BCUT2D eigenvalue weighted by Gasteiger charge is 2.32. The van der Waals surface area contributed by atoms with Gasteiger partial charge in [-0.3, -0.25) is 4.79 Å². The average molecular weight is 397 g/mol. The molecule has 0 aliphatic carbocycles. The van der Waals surface area contributed by atoms with Gasteiger partial charge in [-0.2, -0.15) is 4.80 Å². The number of hydrogen-bond donors (Lipinski definition) is 0. The van der Waals surface area contributed by atoms with Gasteiger partial charge in [-0.1, -0.05) is 18.2 Å². The summed E-state index contributed by atoms with van der Waals surface area (Å²) in [6.07, 6.45) is 1.92. The van der Waals surface area contributed by atoms with E-state index in [9.17, 15) is 4.79 Å². The Hall–Kier alpha value is -2.65. The summed E-state index contributed by atoms with van der Waals surface area (Å²) in [5.74, 6) is 0.564. The van der Waals surface area contributed by atoms with Gasteiger partial charge in [0.15, 0.2) is 0 Å². The van der Waals surface area contributed by atoms with Crippen molar-refractivity contribution in [3.05, 3.63) is 46.8 Å². The molecule has 0 spiro atoms. The number of thiazole rings is 1. The molecule has 9 heteroatoms. The predicted molar refractivity (Wildman–Crippen MR) is 104 cm³/mol. The SMILES string of the molecule is O=C(Cn1nnc(-c2cccs2)n1)N1CCC[C@H]1c1nc2ccccc2s1. The third-order valence-electron chi connectivity index (χ3n) is 4.64. The Morgan fingerprint density at radius 2 is 2.15 bits per heavy atom. The maximum absolute atomic E-state index is 12.9. The number of tetrazole rings is 1. The van der Waals surface area contributed by atoms with E-state index in [1.807, 2.05) is 40.6 Å². The molecule has 1 amide bonds. The van der Waals surface area contributed by atoms with E-state index >= 15 is 0 Å². The molecule has 0 unspecified atom stereocenters. The van der Waals surface area contributed by atoms with Crippen LogP contribution in [0.4, 0.5) is 0 Å². The van der Waals surface area contributed by atoms with Gasteiger partial charge in [0.2, 0.25) is 11.7 Å². The number of thiophene rings is 1. The Kier molecular flexibility index (Phi) is 4.17. The van der Waals surface area contributed by atoms with Crippen molar-refractivity contribution in [1.29, 1.82) is 0 Å². The van der Waals surface area contributed by atoms with Crippen LogP contribution in [0.25, 0.3) is 20.9 Å². The number of carbonyl (C=O) groups is 1. The summed E-state index contributed by atoms with van der Waals surface area (Å²) in [6.45, 7) is 0.839. The lowest BCUT2D eigenvalue weighted by atomic mass is 10.2. The second-order valence-corrected chi connectivity index (χ2v) is 8.40. The second kappa shape index (κ2) is 6.82. The molecule has 1 aliphatic rings. The molecule has 1 saturated heterocycles. The van der Waals surface area contributed by atoms with Gasteiger partial charge in [0.05, 0.1) is 21.1 Å². The molecule has 3 aromatic heterocycles. The van der Waals surface area contributed by atoms with Crippen LogP contribution in [0.5, 0.6) is 0 Å². The maximum Gasteiger partial charge on any atom is 0.246 e. The number of likely N-dealkylation sites (tertiary alicyclic amines) is 1. The minimum absolute atomic E-state index is 0.00638. The van der Waals surface area contributed by atoms with Gasteiger partial charge >= 0.3 is 0 Å². The number of carbonyl (C=O) groups excluding carboxylic acids is 1. The molecule has 0 saturated carbocycles. The van der Waals surface area contributed by atoms with Gasteiger partial charge in [0.1, 0.15) is 11.6 Å². The van der Waals surface area contributed by atoms with E-state index in [1.165, 1.54) is 4.80 Å². The Morgan fingerprint density at radius 1 is 1.22 bits per heavy atom. The molecule has 0 bridgehead atoms. The topological polar surface area (TPSA) is 76.8 Å². The van der Waals surface area contributed by atoms with Crippen molar-refractivity contribution in [3.63, 3.8) is 0 Å². The second-order valence-electron chi connectivity index (χ2n) is 6.39. The van der Waals surface area contributed by atoms with E-state index in [0.29, 0.717) is 5.82 Å². The van der Waals surface area contributed by atoms with E-state index in [2.05, 4.69) is 21.5 Å². The fourth-order valence-electron chi connectivity index (χ4n) is 3.38. The maximum atomic E-state index is 12.9. The van der Waals surface area contributed by atoms with Crippen LogP contribution in [0.15, 0.2) is 41.8 Å². The first-order chi connectivity index (χ1) is 13.3. The summed E-state index contributed by atoms with van der Waals surface area (Å²) >= 11 is 3.22. The van der Waals surface area contributed by atoms with Crippen molar-refractivity contribution in [2.24, 2.45) is 0 Å². The van der Waals surface area contributed by atoms with E-state index in [4.69, 9.17) is 4.98 Å². The van der Waals surface area contributed by atoms with Gasteiger partial charge in [-0.25, -0.2) is 4.98 Å². The van der Waals surface area contributed by atoms with Gasteiger partial charge < -0.3 is 4.90 Å². The molecule has 1 fully saturated rings. The molecule has 0 radical (unpaired) electrons. The molecular formula is C18H16N6OS2. The van der Waals surface area contributed by atoms with Crippen molar-refractivity contribution in [2.45, 2.75) is 25.4 Å². The summed E-state index contributed by atoms with van der Waals surface area (Å²) in [5, 5.41) is 15.4. The van der Waals surface area contributed by atoms with Crippen molar-refractivity contribution >= 4 is 38.8 Å². The highest BCUT2D eigenvalue weighted by Crippen LogP contribution is 2.36. The third-order valence-corrected chi connectivity index (χ3v) is 6.64. The first-order valence-corrected chi connectivity index (χ1v) is 10.4. The number of nitrogens with zero attached hydrogens (tertiary/aromatic N) is 6. The zero-order valence-corrected chi connectivity index (χ0v) is 16.0. The third kappa shape index (κ3) is 3.13.